The number of carboxylic acid groups (broad SMARTS) is 1. The first-order chi connectivity index (χ1) is 11.6. The van der Waals surface area contributed by atoms with Crippen molar-refractivity contribution in [1.82, 2.24) is 10.2 Å². The molecule has 2 rings (SSSR count). The smallest absolute Gasteiger partial charge is 0.309 e. The number of hydrogen-bond donors (Lipinski definition) is 2. The van der Waals surface area contributed by atoms with Gasteiger partial charge in [-0.2, -0.15) is 0 Å². The normalized spacial score (nSPS) is 20.6. The highest BCUT2D eigenvalue weighted by Crippen LogP contribution is 2.37. The van der Waals surface area contributed by atoms with Gasteiger partial charge < -0.3 is 15.3 Å². The average Bonchev–Trinajstić information content (AvgIpc) is 2.82. The zero-order chi connectivity index (χ0) is 18.8. The van der Waals surface area contributed by atoms with Crippen LogP contribution in [-0.4, -0.2) is 41.4 Å². The third kappa shape index (κ3) is 4.31. The molecule has 136 valence electrons. The molecule has 7 heteroatoms. The molecular formula is C18H23ClN2O4. The van der Waals surface area contributed by atoms with Crippen LogP contribution in [0.1, 0.15) is 38.3 Å². The topological polar surface area (TPSA) is 86.7 Å². The van der Waals surface area contributed by atoms with Crippen LogP contribution in [0.25, 0.3) is 0 Å². The second-order valence-electron chi connectivity index (χ2n) is 7.05. The molecule has 1 aromatic rings. The van der Waals surface area contributed by atoms with Gasteiger partial charge in [-0.1, -0.05) is 23.7 Å². The number of rotatable bonds is 6. The van der Waals surface area contributed by atoms with Crippen molar-refractivity contribution in [2.24, 2.45) is 11.3 Å². The Morgan fingerprint density at radius 1 is 1.40 bits per heavy atom. The van der Waals surface area contributed by atoms with E-state index in [1.807, 2.05) is 6.07 Å². The molecule has 1 saturated heterocycles. The van der Waals surface area contributed by atoms with Crippen LogP contribution in [0.2, 0.25) is 5.02 Å². The van der Waals surface area contributed by atoms with Crippen LogP contribution in [0.4, 0.5) is 0 Å². The van der Waals surface area contributed by atoms with E-state index in [1.54, 1.807) is 44.0 Å². The van der Waals surface area contributed by atoms with Crippen LogP contribution in [0.15, 0.2) is 24.3 Å². The second kappa shape index (κ2) is 7.44. The molecule has 0 aliphatic carbocycles. The van der Waals surface area contributed by atoms with Gasteiger partial charge >= 0.3 is 5.97 Å². The Bertz CT molecular complexity index is 689. The number of benzene rings is 1. The van der Waals surface area contributed by atoms with Crippen molar-refractivity contribution in [3.8, 4) is 0 Å². The van der Waals surface area contributed by atoms with Gasteiger partial charge in [-0.05, 0) is 38.0 Å². The highest BCUT2D eigenvalue weighted by Gasteiger charge is 2.42. The first-order valence-corrected chi connectivity index (χ1v) is 8.53. The summed E-state index contributed by atoms with van der Waals surface area (Å²) < 4.78 is 0. The van der Waals surface area contributed by atoms with E-state index < -0.39 is 17.3 Å². The lowest BCUT2D eigenvalue weighted by molar-refractivity contribution is -0.147. The van der Waals surface area contributed by atoms with Gasteiger partial charge in [0.25, 0.3) is 0 Å². The Morgan fingerprint density at radius 3 is 2.68 bits per heavy atom. The molecule has 25 heavy (non-hydrogen) atoms. The van der Waals surface area contributed by atoms with Crippen molar-refractivity contribution in [3.05, 3.63) is 34.9 Å². The third-order valence-electron chi connectivity index (χ3n) is 4.74. The fourth-order valence-corrected chi connectivity index (χ4v) is 3.19. The third-order valence-corrected chi connectivity index (χ3v) is 4.98. The van der Waals surface area contributed by atoms with E-state index in [1.165, 1.54) is 0 Å². The highest BCUT2D eigenvalue weighted by molar-refractivity contribution is 6.30. The summed E-state index contributed by atoms with van der Waals surface area (Å²) in [5, 5.41) is 12.5. The summed E-state index contributed by atoms with van der Waals surface area (Å²) in [7, 11) is 1.68. The van der Waals surface area contributed by atoms with Gasteiger partial charge in [0.2, 0.25) is 11.8 Å². The molecule has 1 aliphatic rings. The Balaban J connectivity index is 2.09. The van der Waals surface area contributed by atoms with E-state index in [-0.39, 0.29) is 30.8 Å². The largest absolute Gasteiger partial charge is 0.481 e. The quantitative estimate of drug-likeness (QED) is 0.809. The monoisotopic (exact) mass is 366 g/mol. The molecule has 2 unspecified atom stereocenters. The number of likely N-dealkylation sites (tertiary alicyclic amines) is 1. The van der Waals surface area contributed by atoms with Crippen molar-refractivity contribution in [3.63, 3.8) is 0 Å². The number of amides is 2. The minimum atomic E-state index is -0.915. The van der Waals surface area contributed by atoms with Crippen LogP contribution >= 0.6 is 11.6 Å². The molecule has 1 aromatic carbocycles. The number of carboxylic acids is 1. The van der Waals surface area contributed by atoms with Crippen molar-refractivity contribution in [2.45, 2.75) is 32.7 Å². The van der Waals surface area contributed by atoms with Gasteiger partial charge in [-0.15, -0.1) is 0 Å². The number of nitrogens with zero attached hydrogens (tertiary/aromatic N) is 1. The van der Waals surface area contributed by atoms with E-state index in [2.05, 4.69) is 5.32 Å². The summed E-state index contributed by atoms with van der Waals surface area (Å²) in [6.45, 7) is 3.47. The van der Waals surface area contributed by atoms with Crippen molar-refractivity contribution < 1.29 is 19.5 Å². The van der Waals surface area contributed by atoms with Crippen LogP contribution in [0.3, 0.4) is 0 Å². The van der Waals surface area contributed by atoms with Gasteiger partial charge in [-0.25, -0.2) is 0 Å². The van der Waals surface area contributed by atoms with Crippen LogP contribution in [0, 0.1) is 11.3 Å². The molecule has 1 fully saturated rings. The van der Waals surface area contributed by atoms with Gasteiger partial charge in [0, 0.05) is 25.0 Å². The summed E-state index contributed by atoms with van der Waals surface area (Å²) in [5.74, 6) is -1.78. The lowest BCUT2D eigenvalue weighted by Crippen LogP contribution is -2.37. The molecule has 0 aromatic heterocycles. The standard InChI is InChI=1S/C18H23ClN2O4/c1-18(2,17(24)25)7-8-20-16(23)13-10-14(22)21(3)15(13)11-5-4-6-12(19)9-11/h4-6,9,13,15H,7-8,10H2,1-3H3,(H,20,23)(H,24,25). The number of hydrogen-bond acceptors (Lipinski definition) is 3. The Kier molecular flexibility index (Phi) is 5.72. The van der Waals surface area contributed by atoms with Gasteiger partial charge in [0.05, 0.1) is 17.4 Å². The molecule has 0 radical (unpaired) electrons. The van der Waals surface area contributed by atoms with Gasteiger partial charge in [-0.3, -0.25) is 14.4 Å². The van der Waals surface area contributed by atoms with E-state index >= 15 is 0 Å². The van der Waals surface area contributed by atoms with Crippen molar-refractivity contribution in [1.29, 1.82) is 0 Å². The number of aliphatic carboxylic acids is 1. The second-order valence-corrected chi connectivity index (χ2v) is 7.48. The minimum absolute atomic E-state index is 0.101. The SMILES string of the molecule is CN1C(=O)CC(C(=O)NCCC(C)(C)C(=O)O)C1c1cccc(Cl)c1. The van der Waals surface area contributed by atoms with E-state index in [9.17, 15) is 14.4 Å². The summed E-state index contributed by atoms with van der Waals surface area (Å²) in [6, 6.07) is 6.76. The van der Waals surface area contributed by atoms with E-state index in [0.29, 0.717) is 11.4 Å². The average molecular weight is 367 g/mol. The maximum Gasteiger partial charge on any atom is 0.309 e. The van der Waals surface area contributed by atoms with E-state index in [4.69, 9.17) is 16.7 Å². The Labute approximate surface area is 152 Å². The minimum Gasteiger partial charge on any atom is -0.481 e. The first-order valence-electron chi connectivity index (χ1n) is 8.15. The molecule has 6 nitrogen and oxygen atoms in total. The molecule has 0 spiro atoms. The summed E-state index contributed by atoms with van der Waals surface area (Å²) in [4.78, 5) is 37.4. The maximum absolute atomic E-state index is 12.6. The number of carbonyl (C=O) groups excluding carboxylic acids is 2. The zero-order valence-electron chi connectivity index (χ0n) is 14.6. The van der Waals surface area contributed by atoms with E-state index in [0.717, 1.165) is 5.56 Å². The molecule has 0 bridgehead atoms. The molecule has 2 atom stereocenters. The van der Waals surface area contributed by atoms with Crippen LogP contribution in [-0.2, 0) is 14.4 Å². The number of carbonyl (C=O) groups is 3. The van der Waals surface area contributed by atoms with Crippen LogP contribution in [0.5, 0.6) is 0 Å². The fourth-order valence-electron chi connectivity index (χ4n) is 2.99. The summed E-state index contributed by atoms with van der Waals surface area (Å²) in [6.07, 6.45) is 0.439. The maximum atomic E-state index is 12.6. The van der Waals surface area contributed by atoms with Gasteiger partial charge in [0.15, 0.2) is 0 Å². The summed E-state index contributed by atoms with van der Waals surface area (Å²) >= 11 is 6.04. The molecule has 2 amide bonds. The number of nitrogens with one attached hydrogen (secondary N) is 1. The predicted molar refractivity (Wildman–Crippen MR) is 94.1 cm³/mol. The lowest BCUT2D eigenvalue weighted by atomic mass is 9.89. The van der Waals surface area contributed by atoms with Crippen molar-refractivity contribution >= 4 is 29.4 Å². The molecule has 1 heterocycles. The molecule has 1 aliphatic heterocycles. The molecule has 0 saturated carbocycles. The van der Waals surface area contributed by atoms with Crippen LogP contribution < -0.4 is 5.32 Å². The zero-order valence-corrected chi connectivity index (χ0v) is 15.3. The number of halogens is 1. The lowest BCUT2D eigenvalue weighted by Gasteiger charge is -2.25. The molecule has 2 N–H and O–H groups in total. The first kappa shape index (κ1) is 19.2. The van der Waals surface area contributed by atoms with Crippen molar-refractivity contribution in [2.75, 3.05) is 13.6 Å². The van der Waals surface area contributed by atoms with Gasteiger partial charge in [0.1, 0.15) is 0 Å². The Hall–Kier alpha value is -2.08. The Morgan fingerprint density at radius 2 is 2.08 bits per heavy atom. The summed E-state index contributed by atoms with van der Waals surface area (Å²) in [5.41, 5.74) is -0.103. The molecular weight excluding hydrogens is 344 g/mol. The highest BCUT2D eigenvalue weighted by atomic mass is 35.5. The fraction of sp³-hybridized carbons (Fsp3) is 0.500. The predicted octanol–water partition coefficient (Wildman–Crippen LogP) is 2.48.